The minimum atomic E-state index is -3.97. The monoisotopic (exact) mass is 262 g/mol. The Bertz CT molecular complexity index is 290. The molecule has 0 aromatic heterocycles. The van der Waals surface area contributed by atoms with Crippen LogP contribution in [0, 0.1) is 0 Å². The molecule has 1 unspecified atom stereocenters. The molecule has 0 spiro atoms. The number of rotatable bonds is 4. The number of nitrogens with zero attached hydrogens (tertiary/aromatic N) is 2. The zero-order valence-corrected chi connectivity index (χ0v) is 9.90. The van der Waals surface area contributed by atoms with Gasteiger partial charge in [-0.3, -0.25) is 14.3 Å². The molecule has 1 atom stereocenters. The van der Waals surface area contributed by atoms with Gasteiger partial charge in [-0.2, -0.15) is 13.5 Å². The Morgan fingerprint density at radius 2 is 1.81 bits per heavy atom. The van der Waals surface area contributed by atoms with Crippen LogP contribution >= 0.6 is 0 Å². The fourth-order valence-corrected chi connectivity index (χ4v) is 2.15. The standard InChI is InChI=1S/C8H18N2O4S.Na.H/c1-3-14-10-6-4-9(5-7-10)8(2)15(11,12)13;;/h8H,3-7H2,1-2H3,(H,11,12,13);;. The van der Waals surface area contributed by atoms with E-state index in [1.165, 1.54) is 6.92 Å². The molecule has 6 nitrogen and oxygen atoms in total. The molecule has 0 aromatic carbocycles. The van der Waals surface area contributed by atoms with Gasteiger partial charge in [-0.15, -0.1) is 0 Å². The first kappa shape index (κ1) is 16.8. The molecular formula is C8H19N2NaO4S. The van der Waals surface area contributed by atoms with Crippen LogP contribution in [-0.2, 0) is 15.0 Å². The van der Waals surface area contributed by atoms with E-state index >= 15 is 0 Å². The first-order chi connectivity index (χ1) is 6.95. The topological polar surface area (TPSA) is 70.1 Å². The summed E-state index contributed by atoms with van der Waals surface area (Å²) in [7, 11) is -3.97. The van der Waals surface area contributed by atoms with Gasteiger partial charge < -0.3 is 0 Å². The van der Waals surface area contributed by atoms with E-state index in [-0.39, 0.29) is 29.6 Å². The van der Waals surface area contributed by atoms with Crippen molar-refractivity contribution in [1.82, 2.24) is 9.96 Å². The van der Waals surface area contributed by atoms with Crippen LogP contribution in [0.1, 0.15) is 13.8 Å². The molecule has 0 radical (unpaired) electrons. The number of piperazine rings is 1. The van der Waals surface area contributed by atoms with E-state index in [1.807, 2.05) is 12.0 Å². The van der Waals surface area contributed by atoms with Crippen molar-refractivity contribution in [3.63, 3.8) is 0 Å². The van der Waals surface area contributed by atoms with Gasteiger partial charge in [0.25, 0.3) is 10.1 Å². The second-order valence-electron chi connectivity index (χ2n) is 3.50. The van der Waals surface area contributed by atoms with E-state index in [2.05, 4.69) is 0 Å². The van der Waals surface area contributed by atoms with Crippen molar-refractivity contribution in [2.75, 3.05) is 32.8 Å². The second kappa shape index (κ2) is 7.27. The zero-order valence-electron chi connectivity index (χ0n) is 9.09. The van der Waals surface area contributed by atoms with Crippen LogP contribution in [0.4, 0.5) is 0 Å². The maximum atomic E-state index is 10.9. The van der Waals surface area contributed by atoms with E-state index in [0.29, 0.717) is 32.8 Å². The summed E-state index contributed by atoms with van der Waals surface area (Å²) in [5.41, 5.74) is 0. The molecule has 1 heterocycles. The van der Waals surface area contributed by atoms with E-state index in [1.54, 1.807) is 4.90 Å². The molecule has 8 heteroatoms. The van der Waals surface area contributed by atoms with Crippen LogP contribution in [0.25, 0.3) is 0 Å². The molecule has 1 aliphatic heterocycles. The van der Waals surface area contributed by atoms with E-state index in [4.69, 9.17) is 9.39 Å². The summed E-state index contributed by atoms with van der Waals surface area (Å²) in [6.45, 7) is 6.51. The number of hydrogen-bond acceptors (Lipinski definition) is 5. The van der Waals surface area contributed by atoms with E-state index in [0.717, 1.165) is 0 Å². The summed E-state index contributed by atoms with van der Waals surface area (Å²) in [6, 6.07) is 0. The summed E-state index contributed by atoms with van der Waals surface area (Å²) in [6.07, 6.45) is 0. The average molecular weight is 262 g/mol. The van der Waals surface area contributed by atoms with Crippen LogP contribution in [0.3, 0.4) is 0 Å². The zero-order chi connectivity index (χ0) is 11.5. The van der Waals surface area contributed by atoms with Crippen molar-refractivity contribution < 1.29 is 17.8 Å². The van der Waals surface area contributed by atoms with Gasteiger partial charge in [0.2, 0.25) is 0 Å². The molecule has 1 rings (SSSR count). The van der Waals surface area contributed by atoms with Gasteiger partial charge in [-0.25, -0.2) is 0 Å². The summed E-state index contributed by atoms with van der Waals surface area (Å²) in [4.78, 5) is 7.02. The Balaban J connectivity index is 0.00000225. The first-order valence-electron chi connectivity index (χ1n) is 5.03. The van der Waals surface area contributed by atoms with Gasteiger partial charge in [0.1, 0.15) is 5.37 Å². The normalized spacial score (nSPS) is 21.4. The third-order valence-electron chi connectivity index (χ3n) is 2.53. The third kappa shape index (κ3) is 4.97. The summed E-state index contributed by atoms with van der Waals surface area (Å²) in [5, 5.41) is 0.981. The Morgan fingerprint density at radius 1 is 1.31 bits per heavy atom. The van der Waals surface area contributed by atoms with Crippen molar-refractivity contribution in [2.45, 2.75) is 19.2 Å². The predicted octanol–water partition coefficient (Wildman–Crippen LogP) is -0.859. The number of hydrogen-bond donors (Lipinski definition) is 1. The fourth-order valence-electron chi connectivity index (χ4n) is 1.57. The molecule has 1 N–H and O–H groups in total. The Morgan fingerprint density at radius 3 is 2.19 bits per heavy atom. The van der Waals surface area contributed by atoms with Crippen LogP contribution in [0.5, 0.6) is 0 Å². The predicted molar refractivity (Wildman–Crippen MR) is 62.9 cm³/mol. The summed E-state index contributed by atoms with van der Waals surface area (Å²) < 4.78 is 30.7. The average Bonchev–Trinajstić information content (AvgIpc) is 2.17. The molecule has 0 aromatic rings. The van der Waals surface area contributed by atoms with Crippen molar-refractivity contribution in [1.29, 1.82) is 0 Å². The molecule has 1 aliphatic rings. The van der Waals surface area contributed by atoms with Gasteiger partial charge in [-0.05, 0) is 13.8 Å². The van der Waals surface area contributed by atoms with Crippen molar-refractivity contribution in [3.05, 3.63) is 0 Å². The van der Waals surface area contributed by atoms with E-state index < -0.39 is 15.5 Å². The maximum absolute atomic E-state index is 10.9. The molecule has 0 bridgehead atoms. The molecule has 0 aliphatic carbocycles. The molecule has 0 saturated carbocycles. The molecular weight excluding hydrogens is 243 g/mol. The third-order valence-corrected chi connectivity index (χ3v) is 3.69. The second-order valence-corrected chi connectivity index (χ2v) is 5.21. The van der Waals surface area contributed by atoms with Gasteiger partial charge >= 0.3 is 29.6 Å². The summed E-state index contributed by atoms with van der Waals surface area (Å²) >= 11 is 0. The van der Waals surface area contributed by atoms with Gasteiger partial charge in [-0.1, -0.05) is 0 Å². The number of hydroxylamine groups is 2. The van der Waals surface area contributed by atoms with Crippen LogP contribution in [-0.4, -0.2) is 90.7 Å². The summed E-state index contributed by atoms with van der Waals surface area (Å²) in [5.74, 6) is 0. The van der Waals surface area contributed by atoms with Crippen LogP contribution in [0.2, 0.25) is 0 Å². The Kier molecular flexibility index (Phi) is 7.63. The molecule has 1 saturated heterocycles. The van der Waals surface area contributed by atoms with Crippen molar-refractivity contribution in [2.24, 2.45) is 0 Å². The van der Waals surface area contributed by atoms with Gasteiger partial charge in [0.05, 0.1) is 6.61 Å². The first-order valence-corrected chi connectivity index (χ1v) is 6.53. The van der Waals surface area contributed by atoms with Crippen molar-refractivity contribution in [3.8, 4) is 0 Å². The molecule has 1 fully saturated rings. The SMILES string of the molecule is CCON1CCN(C(C)S(=O)(=O)O)CC1.[NaH]. The van der Waals surface area contributed by atoms with Crippen LogP contribution in [0.15, 0.2) is 0 Å². The van der Waals surface area contributed by atoms with Crippen LogP contribution < -0.4 is 0 Å². The van der Waals surface area contributed by atoms with Gasteiger partial charge in [0, 0.05) is 26.2 Å². The quantitative estimate of drug-likeness (QED) is 0.525. The molecule has 0 amide bonds. The van der Waals surface area contributed by atoms with E-state index in [9.17, 15) is 8.42 Å². The Hall–Kier alpha value is 0.790. The molecule has 16 heavy (non-hydrogen) atoms. The molecule has 92 valence electrons. The minimum absolute atomic E-state index is 0. The van der Waals surface area contributed by atoms with Gasteiger partial charge in [0.15, 0.2) is 0 Å². The Labute approximate surface area is 119 Å². The fraction of sp³-hybridized carbons (Fsp3) is 1.00. The van der Waals surface area contributed by atoms with Crippen molar-refractivity contribution >= 4 is 39.7 Å².